The number of carboxylic acids is 4. The third kappa shape index (κ3) is 25.9. The molecule has 15 nitrogen and oxygen atoms in total. The zero-order valence-electron chi connectivity index (χ0n) is 29.6. The van der Waals surface area contributed by atoms with Crippen LogP contribution in [0.25, 0.3) is 0 Å². The third-order valence-corrected chi connectivity index (χ3v) is 8.37. The smallest absolute Gasteiger partial charge is 0.326 e. The second-order valence-corrected chi connectivity index (χ2v) is 12.7. The van der Waals surface area contributed by atoms with Gasteiger partial charge in [0.2, 0.25) is 17.7 Å². The molecule has 0 aromatic rings. The highest BCUT2D eigenvalue weighted by Crippen LogP contribution is 2.14. The summed E-state index contributed by atoms with van der Waals surface area (Å²) >= 11 is 0. The summed E-state index contributed by atoms with van der Waals surface area (Å²) in [5, 5.41) is 43.8. The molecule has 0 aliphatic rings. The van der Waals surface area contributed by atoms with Gasteiger partial charge in [-0.25, -0.2) is 14.4 Å². The highest BCUT2D eigenvalue weighted by atomic mass is 16.4. The van der Waals surface area contributed by atoms with Gasteiger partial charge in [-0.05, 0) is 32.1 Å². The molecule has 0 radical (unpaired) electrons. The molecular formula is C35H59N3O12. The average molecular weight is 714 g/mol. The van der Waals surface area contributed by atoms with E-state index in [4.69, 9.17) is 5.11 Å². The molecule has 286 valence electrons. The molecule has 0 spiro atoms. The van der Waals surface area contributed by atoms with Crippen LogP contribution in [-0.2, 0) is 38.4 Å². The first-order valence-corrected chi connectivity index (χ1v) is 18.1. The van der Waals surface area contributed by atoms with Gasteiger partial charge >= 0.3 is 23.9 Å². The van der Waals surface area contributed by atoms with Crippen molar-refractivity contribution in [2.75, 3.05) is 0 Å². The Bertz CT molecular complexity index is 1080. The minimum atomic E-state index is -1.49. The van der Waals surface area contributed by atoms with E-state index in [1.54, 1.807) is 6.92 Å². The van der Waals surface area contributed by atoms with Crippen LogP contribution in [0.3, 0.4) is 0 Å². The van der Waals surface area contributed by atoms with Crippen molar-refractivity contribution in [3.05, 3.63) is 0 Å². The van der Waals surface area contributed by atoms with Crippen molar-refractivity contribution in [3.63, 3.8) is 0 Å². The summed E-state index contributed by atoms with van der Waals surface area (Å²) in [4.78, 5) is 93.6. The Morgan fingerprint density at radius 3 is 0.980 bits per heavy atom. The summed E-state index contributed by atoms with van der Waals surface area (Å²) < 4.78 is 0. The summed E-state index contributed by atoms with van der Waals surface area (Å²) in [5.74, 6) is -7.01. The van der Waals surface area contributed by atoms with Gasteiger partial charge in [-0.3, -0.25) is 24.0 Å². The lowest BCUT2D eigenvalue weighted by molar-refractivity contribution is -0.144. The van der Waals surface area contributed by atoms with E-state index in [0.717, 1.165) is 57.8 Å². The molecule has 15 heteroatoms. The Kier molecular flexibility index (Phi) is 26.4. The Morgan fingerprint density at radius 2 is 0.680 bits per heavy atom. The van der Waals surface area contributed by atoms with E-state index in [1.807, 2.05) is 0 Å². The molecule has 0 saturated heterocycles. The predicted molar refractivity (Wildman–Crippen MR) is 183 cm³/mol. The summed E-state index contributed by atoms with van der Waals surface area (Å²) in [6.07, 6.45) is 13.5. The van der Waals surface area contributed by atoms with Crippen LogP contribution in [0.15, 0.2) is 0 Å². The normalized spacial score (nSPS) is 12.7. The van der Waals surface area contributed by atoms with Gasteiger partial charge < -0.3 is 36.4 Å². The van der Waals surface area contributed by atoms with Gasteiger partial charge in [-0.2, -0.15) is 0 Å². The first kappa shape index (κ1) is 46.0. The Morgan fingerprint density at radius 1 is 0.400 bits per heavy atom. The highest BCUT2D eigenvalue weighted by molar-refractivity contribution is 5.87. The van der Waals surface area contributed by atoms with E-state index < -0.39 is 72.6 Å². The van der Waals surface area contributed by atoms with Crippen LogP contribution >= 0.6 is 0 Å². The summed E-state index contributed by atoms with van der Waals surface area (Å²) in [7, 11) is 0. The largest absolute Gasteiger partial charge is 0.481 e. The number of unbranched alkanes of at least 4 members (excludes halogenated alkanes) is 13. The Hall–Kier alpha value is -4.04. The number of Topliss-reactive ketones (excluding diaryl/α,β-unsaturated/α-hetero) is 1. The summed E-state index contributed by atoms with van der Waals surface area (Å²) in [5.41, 5.74) is 0. The van der Waals surface area contributed by atoms with E-state index in [1.165, 1.54) is 25.7 Å². The average Bonchev–Trinajstić information content (AvgIpc) is 3.05. The lowest BCUT2D eigenvalue weighted by Gasteiger charge is -2.18. The van der Waals surface area contributed by atoms with Crippen LogP contribution in [0.2, 0.25) is 0 Å². The molecule has 0 aliphatic carbocycles. The zero-order chi connectivity index (χ0) is 37.7. The van der Waals surface area contributed by atoms with Gasteiger partial charge in [0.15, 0.2) is 0 Å². The maximum Gasteiger partial charge on any atom is 0.326 e. The molecule has 0 aliphatic heterocycles. The minimum absolute atomic E-state index is 0.0378. The Labute approximate surface area is 294 Å². The van der Waals surface area contributed by atoms with Crippen molar-refractivity contribution >= 4 is 47.4 Å². The van der Waals surface area contributed by atoms with Crippen molar-refractivity contribution in [2.45, 2.75) is 173 Å². The SMILES string of the molecule is CCC(=O)CC[C@H](NC(=O)CC[C@H](NC(=O)CC[C@H](NC(=O)CCCCCCCCCCCCCCCCC(=O)O)C(=O)O)C(=O)O)C(=O)O. The monoisotopic (exact) mass is 713 g/mol. The van der Waals surface area contributed by atoms with Crippen LogP contribution in [-0.4, -0.2) is 85.9 Å². The van der Waals surface area contributed by atoms with Crippen molar-refractivity contribution in [1.82, 2.24) is 16.0 Å². The fraction of sp³-hybridized carbons (Fsp3) is 0.771. The molecule has 0 rings (SSSR count). The van der Waals surface area contributed by atoms with Crippen LogP contribution < -0.4 is 16.0 Å². The van der Waals surface area contributed by atoms with Crippen molar-refractivity contribution < 1.29 is 58.8 Å². The maximum atomic E-state index is 12.4. The van der Waals surface area contributed by atoms with E-state index in [-0.39, 0.29) is 50.7 Å². The van der Waals surface area contributed by atoms with Crippen molar-refractivity contribution in [3.8, 4) is 0 Å². The van der Waals surface area contributed by atoms with Crippen LogP contribution in [0, 0.1) is 0 Å². The molecule has 0 fully saturated rings. The molecule has 0 heterocycles. The molecule has 0 bridgehead atoms. The fourth-order valence-electron chi connectivity index (χ4n) is 5.29. The molecule has 0 aromatic heterocycles. The lowest BCUT2D eigenvalue weighted by Crippen LogP contribution is -2.45. The van der Waals surface area contributed by atoms with Gasteiger partial charge in [0, 0.05) is 38.5 Å². The number of hydrogen-bond donors (Lipinski definition) is 7. The topological polar surface area (TPSA) is 254 Å². The molecule has 0 unspecified atom stereocenters. The Balaban J connectivity index is 4.24. The molecule has 3 amide bonds. The zero-order valence-corrected chi connectivity index (χ0v) is 29.6. The number of aliphatic carboxylic acids is 4. The van der Waals surface area contributed by atoms with Gasteiger partial charge in [0.05, 0.1) is 0 Å². The fourth-order valence-corrected chi connectivity index (χ4v) is 5.29. The van der Waals surface area contributed by atoms with Gasteiger partial charge in [-0.1, -0.05) is 84.0 Å². The standard InChI is InChI=1S/C35H59N3O12/c1-2-25(39)19-20-26(33(45)46)37-30(41)24-22-28(35(49)50)38-31(42)23-21-27(34(47)48)36-29(40)17-15-13-11-9-7-5-3-4-6-8-10-12-14-16-18-32(43)44/h26-28H,2-24H2,1H3,(H,36,40)(H,37,41)(H,38,42)(H,43,44)(H,45,46)(H,47,48)(H,49,50)/t26-,27-,28-/m0/s1. The lowest BCUT2D eigenvalue weighted by atomic mass is 10.0. The number of carbonyl (C=O) groups excluding carboxylic acids is 4. The maximum absolute atomic E-state index is 12.4. The van der Waals surface area contributed by atoms with E-state index in [2.05, 4.69) is 16.0 Å². The van der Waals surface area contributed by atoms with Crippen molar-refractivity contribution in [1.29, 1.82) is 0 Å². The second-order valence-electron chi connectivity index (χ2n) is 12.7. The number of carboxylic acid groups (broad SMARTS) is 4. The number of ketones is 1. The molecule has 50 heavy (non-hydrogen) atoms. The van der Waals surface area contributed by atoms with E-state index in [9.17, 15) is 53.7 Å². The van der Waals surface area contributed by atoms with Gasteiger partial charge in [0.1, 0.15) is 23.9 Å². The molecule has 0 saturated carbocycles. The van der Waals surface area contributed by atoms with Crippen LogP contribution in [0.5, 0.6) is 0 Å². The van der Waals surface area contributed by atoms with E-state index >= 15 is 0 Å². The quantitative estimate of drug-likeness (QED) is 0.0469. The number of nitrogens with one attached hydrogen (secondary N) is 3. The van der Waals surface area contributed by atoms with Crippen molar-refractivity contribution in [2.24, 2.45) is 0 Å². The van der Waals surface area contributed by atoms with Crippen LogP contribution in [0.1, 0.15) is 155 Å². The molecule has 3 atom stereocenters. The first-order chi connectivity index (χ1) is 23.8. The number of amides is 3. The van der Waals surface area contributed by atoms with Gasteiger partial charge in [0.25, 0.3) is 0 Å². The summed E-state index contributed by atoms with van der Waals surface area (Å²) in [6, 6.07) is -4.15. The number of rotatable bonds is 33. The molecule has 0 aromatic carbocycles. The van der Waals surface area contributed by atoms with Gasteiger partial charge in [-0.15, -0.1) is 0 Å². The first-order valence-electron chi connectivity index (χ1n) is 18.1. The minimum Gasteiger partial charge on any atom is -0.481 e. The number of carbonyl (C=O) groups is 8. The molecule has 7 N–H and O–H groups in total. The van der Waals surface area contributed by atoms with Crippen LogP contribution in [0.4, 0.5) is 0 Å². The van der Waals surface area contributed by atoms with E-state index in [0.29, 0.717) is 6.42 Å². The predicted octanol–water partition coefficient (Wildman–Crippen LogP) is 4.34. The second kappa shape index (κ2) is 28.8. The summed E-state index contributed by atoms with van der Waals surface area (Å²) in [6.45, 7) is 1.63. The highest BCUT2D eigenvalue weighted by Gasteiger charge is 2.26. The molecular weight excluding hydrogens is 654 g/mol. The number of hydrogen-bond acceptors (Lipinski definition) is 8. The third-order valence-electron chi connectivity index (χ3n) is 8.37.